The molecule has 0 atom stereocenters. The van der Waals surface area contributed by atoms with E-state index in [1.54, 1.807) is 24.3 Å². The molecule has 8 heteroatoms. The number of nitrogens with zero attached hydrogens (tertiary/aromatic N) is 2. The number of ether oxygens (including phenoxy) is 2. The highest BCUT2D eigenvalue weighted by Gasteiger charge is 2.23. The minimum Gasteiger partial charge on any atom is -0.493 e. The molecular formula is C15H14F4N2O2. The highest BCUT2D eigenvalue weighted by Crippen LogP contribution is 2.27. The highest BCUT2D eigenvalue weighted by molar-refractivity contribution is 5.47. The predicted octanol–water partition coefficient (Wildman–Crippen LogP) is 3.16. The number of anilines is 1. The second-order valence-corrected chi connectivity index (χ2v) is 4.59. The number of hydrogen-bond acceptors (Lipinski definition) is 4. The van der Waals surface area contributed by atoms with E-state index in [0.29, 0.717) is 11.5 Å². The zero-order valence-corrected chi connectivity index (χ0v) is 12.4. The van der Waals surface area contributed by atoms with Crippen LogP contribution in [0.4, 0.5) is 23.2 Å². The number of para-hydroxylation sites is 2. The molecule has 1 aromatic carbocycles. The summed E-state index contributed by atoms with van der Waals surface area (Å²) in [6, 6.07) is 6.83. The fourth-order valence-electron chi connectivity index (χ4n) is 1.95. The van der Waals surface area contributed by atoms with Crippen LogP contribution in [0, 0.1) is 23.5 Å². The fraction of sp³-hybridized carbons (Fsp3) is 0.267. The first-order valence-corrected chi connectivity index (χ1v) is 6.62. The summed E-state index contributed by atoms with van der Waals surface area (Å²) in [5, 5.41) is 0. The van der Waals surface area contributed by atoms with Crippen molar-refractivity contribution in [2.75, 3.05) is 32.2 Å². The normalized spacial score (nSPS) is 10.5. The summed E-state index contributed by atoms with van der Waals surface area (Å²) in [6.45, 7) is -0.00387. The molecule has 0 radical (unpaired) electrons. The van der Waals surface area contributed by atoms with Gasteiger partial charge in [-0.1, -0.05) is 12.1 Å². The van der Waals surface area contributed by atoms with Gasteiger partial charge in [0.25, 0.3) is 11.9 Å². The van der Waals surface area contributed by atoms with Crippen LogP contribution in [0.2, 0.25) is 0 Å². The van der Waals surface area contributed by atoms with Crippen molar-refractivity contribution in [1.29, 1.82) is 0 Å². The Morgan fingerprint density at radius 3 is 2.13 bits per heavy atom. The van der Waals surface area contributed by atoms with Crippen molar-refractivity contribution < 1.29 is 27.0 Å². The summed E-state index contributed by atoms with van der Waals surface area (Å²) in [5.74, 6) is -5.56. The molecule has 1 aromatic heterocycles. The van der Waals surface area contributed by atoms with Gasteiger partial charge in [-0.05, 0) is 12.1 Å². The van der Waals surface area contributed by atoms with Crippen LogP contribution >= 0.6 is 0 Å². The Balaban J connectivity index is 2.07. The molecule has 124 valence electrons. The lowest BCUT2D eigenvalue weighted by molar-refractivity contribution is 0.300. The molecule has 1 heterocycles. The lowest BCUT2D eigenvalue weighted by Crippen LogP contribution is -2.27. The molecule has 4 nitrogen and oxygen atoms in total. The number of halogens is 4. The molecule has 0 saturated heterocycles. The fourth-order valence-corrected chi connectivity index (χ4v) is 1.95. The Hall–Kier alpha value is -2.51. The maximum absolute atomic E-state index is 13.6. The Morgan fingerprint density at radius 1 is 1.00 bits per heavy atom. The summed E-state index contributed by atoms with van der Waals surface area (Å²) < 4.78 is 64.0. The van der Waals surface area contributed by atoms with E-state index < -0.39 is 29.2 Å². The van der Waals surface area contributed by atoms with E-state index in [2.05, 4.69) is 4.98 Å². The Bertz CT molecular complexity index is 671. The summed E-state index contributed by atoms with van der Waals surface area (Å²) >= 11 is 0. The zero-order chi connectivity index (χ0) is 17.0. The lowest BCUT2D eigenvalue weighted by atomic mass is 10.3. The molecule has 0 aliphatic carbocycles. The van der Waals surface area contributed by atoms with Gasteiger partial charge in [0.05, 0.1) is 13.7 Å². The first-order chi connectivity index (χ1) is 11.0. The number of rotatable bonds is 6. The van der Waals surface area contributed by atoms with Crippen molar-refractivity contribution in [3.05, 3.63) is 47.8 Å². The first-order valence-electron chi connectivity index (χ1n) is 6.62. The highest BCUT2D eigenvalue weighted by atomic mass is 19.2. The van der Waals surface area contributed by atoms with Gasteiger partial charge in [0.2, 0.25) is 11.6 Å². The molecule has 0 spiro atoms. The van der Waals surface area contributed by atoms with Crippen molar-refractivity contribution >= 4 is 5.69 Å². The standard InChI is InChI=1S/C15H14F4N2O2/c1-21(13-11(16)14(18)20-15(19)12(13)17)7-8-23-10-6-4-3-5-9(10)22-2/h3-6H,7-8H2,1-2H3. The van der Waals surface area contributed by atoms with Crippen molar-refractivity contribution in [2.45, 2.75) is 0 Å². The number of aromatic nitrogens is 1. The van der Waals surface area contributed by atoms with E-state index in [1.165, 1.54) is 14.2 Å². The summed E-state index contributed by atoms with van der Waals surface area (Å²) in [5.41, 5.74) is -0.835. The molecular weight excluding hydrogens is 316 g/mol. The van der Waals surface area contributed by atoms with Gasteiger partial charge in [0.1, 0.15) is 12.3 Å². The van der Waals surface area contributed by atoms with Crippen molar-refractivity contribution in [1.82, 2.24) is 4.98 Å². The first kappa shape index (κ1) is 16.9. The molecule has 23 heavy (non-hydrogen) atoms. The number of hydrogen-bond donors (Lipinski definition) is 0. The molecule has 0 bridgehead atoms. The smallest absolute Gasteiger partial charge is 0.253 e. The van der Waals surface area contributed by atoms with E-state index in [4.69, 9.17) is 9.47 Å². The van der Waals surface area contributed by atoms with Crippen molar-refractivity contribution in [2.24, 2.45) is 0 Å². The molecule has 0 aliphatic heterocycles. The van der Waals surface area contributed by atoms with Gasteiger partial charge in [0, 0.05) is 7.05 Å². The van der Waals surface area contributed by atoms with Crippen LogP contribution in [0.25, 0.3) is 0 Å². The van der Waals surface area contributed by atoms with Gasteiger partial charge in [-0.25, -0.2) is 0 Å². The van der Waals surface area contributed by atoms with Crippen LogP contribution in [0.15, 0.2) is 24.3 Å². The molecule has 0 aliphatic rings. The molecule has 0 amide bonds. The monoisotopic (exact) mass is 330 g/mol. The van der Waals surface area contributed by atoms with Gasteiger partial charge in [-0.2, -0.15) is 22.5 Å². The van der Waals surface area contributed by atoms with Crippen LogP contribution in [0.3, 0.4) is 0 Å². The second kappa shape index (κ2) is 7.17. The van der Waals surface area contributed by atoms with E-state index in [1.807, 2.05) is 0 Å². The SMILES string of the molecule is COc1ccccc1OCCN(C)c1c(F)c(F)nc(F)c1F. The minimum atomic E-state index is -1.70. The second-order valence-electron chi connectivity index (χ2n) is 4.59. The number of pyridine rings is 1. The van der Waals surface area contributed by atoms with Gasteiger partial charge in [-0.15, -0.1) is 0 Å². The number of likely N-dealkylation sites (N-methyl/N-ethyl adjacent to an activating group) is 1. The van der Waals surface area contributed by atoms with E-state index in [-0.39, 0.29) is 13.2 Å². The summed E-state index contributed by atoms with van der Waals surface area (Å²) in [6.07, 6.45) is 0. The quantitative estimate of drug-likeness (QED) is 0.602. The lowest BCUT2D eigenvalue weighted by Gasteiger charge is -2.21. The van der Waals surface area contributed by atoms with Crippen LogP contribution in [0.5, 0.6) is 11.5 Å². The van der Waals surface area contributed by atoms with Gasteiger partial charge < -0.3 is 14.4 Å². The van der Waals surface area contributed by atoms with Crippen LogP contribution in [-0.4, -0.2) is 32.3 Å². The average molecular weight is 330 g/mol. The Labute approximate surface area is 130 Å². The predicted molar refractivity (Wildman–Crippen MR) is 75.8 cm³/mol. The third kappa shape index (κ3) is 3.64. The Kier molecular flexibility index (Phi) is 5.25. The number of benzene rings is 1. The molecule has 2 aromatic rings. The largest absolute Gasteiger partial charge is 0.493 e. The van der Waals surface area contributed by atoms with Gasteiger partial charge in [-0.3, -0.25) is 0 Å². The van der Waals surface area contributed by atoms with E-state index in [0.717, 1.165) is 4.90 Å². The maximum atomic E-state index is 13.6. The van der Waals surface area contributed by atoms with Crippen molar-refractivity contribution in [3.63, 3.8) is 0 Å². The van der Waals surface area contributed by atoms with Gasteiger partial charge >= 0.3 is 0 Å². The molecule has 0 unspecified atom stereocenters. The van der Waals surface area contributed by atoms with Crippen LogP contribution in [0.1, 0.15) is 0 Å². The zero-order valence-electron chi connectivity index (χ0n) is 12.4. The molecule has 0 saturated carbocycles. The van der Waals surface area contributed by atoms with E-state index >= 15 is 0 Å². The molecule has 0 N–H and O–H groups in total. The van der Waals surface area contributed by atoms with Gasteiger partial charge in [0.15, 0.2) is 11.5 Å². The number of methoxy groups -OCH3 is 1. The summed E-state index contributed by atoms with van der Waals surface area (Å²) in [7, 11) is 2.76. The Morgan fingerprint density at radius 2 is 1.57 bits per heavy atom. The van der Waals surface area contributed by atoms with Crippen LogP contribution in [-0.2, 0) is 0 Å². The molecule has 2 rings (SSSR count). The summed E-state index contributed by atoms with van der Waals surface area (Å²) in [4.78, 5) is 3.52. The minimum absolute atomic E-state index is 0.0152. The van der Waals surface area contributed by atoms with E-state index in [9.17, 15) is 17.6 Å². The van der Waals surface area contributed by atoms with Crippen molar-refractivity contribution in [3.8, 4) is 11.5 Å². The maximum Gasteiger partial charge on any atom is 0.253 e. The third-order valence-electron chi connectivity index (χ3n) is 3.11. The van der Waals surface area contributed by atoms with Crippen LogP contribution < -0.4 is 14.4 Å². The average Bonchev–Trinajstić information content (AvgIpc) is 2.53. The molecule has 0 fully saturated rings. The third-order valence-corrected chi connectivity index (χ3v) is 3.11. The topological polar surface area (TPSA) is 34.6 Å².